The van der Waals surface area contributed by atoms with Gasteiger partial charge in [-0.1, -0.05) is 0 Å². The van der Waals surface area contributed by atoms with Crippen LogP contribution in [-0.2, 0) is 11.3 Å². The van der Waals surface area contributed by atoms with Crippen LogP contribution >= 0.6 is 0 Å². The van der Waals surface area contributed by atoms with Crippen molar-refractivity contribution in [3.05, 3.63) is 12.7 Å². The largest absolute Gasteiger partial charge is 0.394 e. The van der Waals surface area contributed by atoms with Crippen LogP contribution < -0.4 is 4.90 Å². The van der Waals surface area contributed by atoms with Crippen molar-refractivity contribution in [2.75, 3.05) is 51.3 Å². The molecule has 2 N–H and O–H groups in total. The summed E-state index contributed by atoms with van der Waals surface area (Å²) >= 11 is 0. The molecule has 0 amide bonds. The number of imidazole rings is 1. The Bertz CT molecular complexity index is 734. The van der Waals surface area contributed by atoms with Crippen LogP contribution in [0.2, 0.25) is 0 Å². The summed E-state index contributed by atoms with van der Waals surface area (Å²) in [7, 11) is 1.99. The van der Waals surface area contributed by atoms with E-state index in [1.54, 1.807) is 10.9 Å². The highest BCUT2D eigenvalue weighted by Gasteiger charge is 2.27. The van der Waals surface area contributed by atoms with Gasteiger partial charge >= 0.3 is 0 Å². The first-order valence-corrected chi connectivity index (χ1v) is 8.92. The molecule has 0 spiro atoms. The van der Waals surface area contributed by atoms with Gasteiger partial charge in [-0.3, -0.25) is 4.90 Å². The molecule has 1 aliphatic rings. The Labute approximate surface area is 153 Å². The molecule has 2 aromatic rings. The van der Waals surface area contributed by atoms with E-state index in [2.05, 4.69) is 38.6 Å². The number of aliphatic hydroxyl groups excluding tert-OH is 2. The maximum absolute atomic E-state index is 9.67. The lowest BCUT2D eigenvalue weighted by Crippen LogP contribution is -2.50. The van der Waals surface area contributed by atoms with Crippen LogP contribution in [0.3, 0.4) is 0 Å². The van der Waals surface area contributed by atoms with Gasteiger partial charge in [0.2, 0.25) is 0 Å². The molecule has 0 aromatic carbocycles. The first kappa shape index (κ1) is 19.0. The number of morpholine rings is 1. The molecule has 26 heavy (non-hydrogen) atoms. The molecular weight excluding hydrogens is 336 g/mol. The first-order valence-electron chi connectivity index (χ1n) is 8.92. The molecule has 144 valence electrons. The summed E-state index contributed by atoms with van der Waals surface area (Å²) in [4.78, 5) is 17.6. The van der Waals surface area contributed by atoms with Crippen LogP contribution in [0.25, 0.3) is 11.2 Å². The number of hydrogen-bond donors (Lipinski definition) is 2. The van der Waals surface area contributed by atoms with E-state index in [1.807, 2.05) is 7.05 Å². The van der Waals surface area contributed by atoms with Gasteiger partial charge < -0.3 is 24.4 Å². The van der Waals surface area contributed by atoms with E-state index < -0.39 is 6.10 Å². The molecule has 0 radical (unpaired) electrons. The second-order valence-corrected chi connectivity index (χ2v) is 7.41. The summed E-state index contributed by atoms with van der Waals surface area (Å²) in [5.41, 5.74) is 1.25. The summed E-state index contributed by atoms with van der Waals surface area (Å²) < 4.78 is 7.50. The molecule has 1 aliphatic heterocycles. The molecule has 1 fully saturated rings. The standard InChI is InChI=1S/C17H28N6O3/c1-17(2)10-22(6-7-26-17)5-4-21(3)15-14-16(19-11-18-15)23(12-20-14)8-13(25)9-24/h11-13,24-25H,4-10H2,1-3H3. The second-order valence-electron chi connectivity index (χ2n) is 7.41. The number of hydrogen-bond acceptors (Lipinski definition) is 8. The number of likely N-dealkylation sites (N-methyl/N-ethyl adjacent to an activating group) is 1. The predicted octanol–water partition coefficient (Wildman–Crippen LogP) is -0.273. The summed E-state index contributed by atoms with van der Waals surface area (Å²) in [6, 6.07) is 0. The van der Waals surface area contributed by atoms with Gasteiger partial charge in [0.25, 0.3) is 0 Å². The van der Waals surface area contributed by atoms with Gasteiger partial charge in [0, 0.05) is 33.2 Å². The van der Waals surface area contributed by atoms with Gasteiger partial charge in [0.05, 0.1) is 37.8 Å². The van der Waals surface area contributed by atoms with Crippen LogP contribution in [0.4, 0.5) is 5.82 Å². The van der Waals surface area contributed by atoms with Crippen LogP contribution in [0.5, 0.6) is 0 Å². The van der Waals surface area contributed by atoms with Crippen molar-refractivity contribution in [2.45, 2.75) is 32.1 Å². The maximum Gasteiger partial charge on any atom is 0.165 e. The molecule has 1 unspecified atom stereocenters. The molecule has 9 nitrogen and oxygen atoms in total. The zero-order chi connectivity index (χ0) is 18.7. The molecule has 3 rings (SSSR count). The zero-order valence-electron chi connectivity index (χ0n) is 15.7. The summed E-state index contributed by atoms with van der Waals surface area (Å²) in [6.07, 6.45) is 2.29. The van der Waals surface area contributed by atoms with E-state index in [9.17, 15) is 5.11 Å². The van der Waals surface area contributed by atoms with Crippen molar-refractivity contribution in [3.8, 4) is 0 Å². The Morgan fingerprint density at radius 3 is 2.88 bits per heavy atom. The third-order valence-electron chi connectivity index (χ3n) is 4.62. The summed E-state index contributed by atoms with van der Waals surface area (Å²) in [6.45, 7) is 8.51. The molecule has 0 aliphatic carbocycles. The van der Waals surface area contributed by atoms with E-state index in [-0.39, 0.29) is 18.8 Å². The highest BCUT2D eigenvalue weighted by atomic mass is 16.5. The average molecular weight is 364 g/mol. The van der Waals surface area contributed by atoms with Crippen LogP contribution in [-0.4, -0.2) is 92.8 Å². The fourth-order valence-electron chi connectivity index (χ4n) is 3.27. The average Bonchev–Trinajstić information content (AvgIpc) is 3.01. The molecule has 9 heteroatoms. The van der Waals surface area contributed by atoms with E-state index in [0.717, 1.165) is 38.6 Å². The van der Waals surface area contributed by atoms with Crippen LogP contribution in [0, 0.1) is 0 Å². The normalized spacial score (nSPS) is 19.0. The molecule has 3 heterocycles. The minimum atomic E-state index is -0.840. The van der Waals surface area contributed by atoms with Gasteiger partial charge in [-0.25, -0.2) is 15.0 Å². The molecule has 1 atom stereocenters. The number of ether oxygens (including phenoxy) is 1. The summed E-state index contributed by atoms with van der Waals surface area (Å²) in [5, 5.41) is 18.7. The molecule has 2 aromatic heterocycles. The molecular formula is C17H28N6O3. The monoisotopic (exact) mass is 364 g/mol. The van der Waals surface area contributed by atoms with Crippen LogP contribution in [0.15, 0.2) is 12.7 Å². The van der Waals surface area contributed by atoms with Gasteiger partial charge in [-0.2, -0.15) is 0 Å². The molecule has 0 bridgehead atoms. The number of aromatic nitrogens is 4. The SMILES string of the molecule is CN(CCN1CCOC(C)(C)C1)c1ncnc2c1ncn2CC(O)CO. The van der Waals surface area contributed by atoms with Gasteiger partial charge in [0.1, 0.15) is 6.33 Å². The van der Waals surface area contributed by atoms with Crippen LogP contribution in [0.1, 0.15) is 13.8 Å². The predicted molar refractivity (Wildman–Crippen MR) is 98.2 cm³/mol. The van der Waals surface area contributed by atoms with Gasteiger partial charge in [-0.15, -0.1) is 0 Å². The van der Waals surface area contributed by atoms with Crippen molar-refractivity contribution < 1.29 is 14.9 Å². The highest BCUT2D eigenvalue weighted by Crippen LogP contribution is 2.21. The Kier molecular flexibility index (Phi) is 5.71. The Balaban J connectivity index is 1.69. The molecule has 0 saturated carbocycles. The lowest BCUT2D eigenvalue weighted by atomic mass is 10.1. The Hall–Kier alpha value is -1.81. The quantitative estimate of drug-likeness (QED) is 0.692. The van der Waals surface area contributed by atoms with Crippen molar-refractivity contribution >= 4 is 17.0 Å². The number of nitrogens with zero attached hydrogens (tertiary/aromatic N) is 6. The Morgan fingerprint density at radius 2 is 2.15 bits per heavy atom. The van der Waals surface area contributed by atoms with Crippen molar-refractivity contribution in [1.29, 1.82) is 0 Å². The number of aliphatic hydroxyl groups is 2. The Morgan fingerprint density at radius 1 is 1.35 bits per heavy atom. The third kappa shape index (κ3) is 4.29. The number of fused-ring (bicyclic) bond motifs is 1. The number of anilines is 1. The molecule has 1 saturated heterocycles. The third-order valence-corrected chi connectivity index (χ3v) is 4.62. The van der Waals surface area contributed by atoms with Crippen molar-refractivity contribution in [2.24, 2.45) is 0 Å². The maximum atomic E-state index is 9.67. The smallest absolute Gasteiger partial charge is 0.165 e. The van der Waals surface area contributed by atoms with Gasteiger partial charge in [0.15, 0.2) is 17.0 Å². The van der Waals surface area contributed by atoms with E-state index >= 15 is 0 Å². The van der Waals surface area contributed by atoms with Crippen molar-refractivity contribution in [1.82, 2.24) is 24.4 Å². The zero-order valence-corrected chi connectivity index (χ0v) is 15.7. The van der Waals surface area contributed by atoms with E-state index in [4.69, 9.17) is 9.84 Å². The summed E-state index contributed by atoms with van der Waals surface area (Å²) in [5.74, 6) is 0.764. The number of rotatable bonds is 7. The highest BCUT2D eigenvalue weighted by molar-refractivity contribution is 5.83. The minimum absolute atomic E-state index is 0.106. The fraction of sp³-hybridized carbons (Fsp3) is 0.706. The lowest BCUT2D eigenvalue weighted by molar-refractivity contribution is -0.0850. The fourth-order valence-corrected chi connectivity index (χ4v) is 3.27. The topological polar surface area (TPSA) is 99.8 Å². The van der Waals surface area contributed by atoms with Crippen molar-refractivity contribution in [3.63, 3.8) is 0 Å². The second kappa shape index (κ2) is 7.83. The van der Waals surface area contributed by atoms with E-state index in [1.165, 1.54) is 6.33 Å². The van der Waals surface area contributed by atoms with E-state index in [0.29, 0.717) is 11.2 Å². The minimum Gasteiger partial charge on any atom is -0.394 e. The van der Waals surface area contributed by atoms with Gasteiger partial charge in [-0.05, 0) is 13.8 Å². The lowest BCUT2D eigenvalue weighted by Gasteiger charge is -2.38. The first-order chi connectivity index (χ1) is 12.4.